The van der Waals surface area contributed by atoms with E-state index >= 15 is 0 Å². The lowest BCUT2D eigenvalue weighted by Gasteiger charge is -2.18. The van der Waals surface area contributed by atoms with Crippen LogP contribution in [0.1, 0.15) is 40.2 Å². The highest BCUT2D eigenvalue weighted by Crippen LogP contribution is 2.14. The van der Waals surface area contributed by atoms with Crippen molar-refractivity contribution in [1.29, 1.82) is 0 Å². The number of carbonyl (C=O) groups excluding carboxylic acids is 1. The first-order valence-corrected chi connectivity index (χ1v) is 7.01. The van der Waals surface area contributed by atoms with E-state index in [2.05, 4.69) is 0 Å². The van der Waals surface area contributed by atoms with Crippen LogP contribution in [0.3, 0.4) is 0 Å². The molecule has 1 heterocycles. The summed E-state index contributed by atoms with van der Waals surface area (Å²) in [4.78, 5) is 24.3. The molecule has 0 radical (unpaired) electrons. The zero-order chi connectivity index (χ0) is 15.1. The fourth-order valence-electron chi connectivity index (χ4n) is 1.82. The predicted molar refractivity (Wildman–Crippen MR) is 77.0 cm³/mol. The number of nitrogens with zero attached hydrogens (tertiary/aromatic N) is 1. The van der Waals surface area contributed by atoms with Crippen LogP contribution < -0.4 is 10.3 Å². The van der Waals surface area contributed by atoms with Crippen LogP contribution in [0.5, 0.6) is 5.75 Å². The maximum absolute atomic E-state index is 12.2. The minimum atomic E-state index is -0.610. The first kappa shape index (κ1) is 16.3. The maximum Gasteiger partial charge on any atom is 0.329 e. The van der Waals surface area contributed by atoms with Crippen LogP contribution in [0, 0.1) is 5.92 Å². The SMILES string of the molecule is CCOc1cccn(C(CC)C(=O)OCC(C)C)c1=O. The number of ether oxygens (including phenoxy) is 2. The van der Waals surface area contributed by atoms with Crippen LogP contribution in [0.4, 0.5) is 0 Å². The Morgan fingerprint density at radius 2 is 2.05 bits per heavy atom. The summed E-state index contributed by atoms with van der Waals surface area (Å²) in [6.07, 6.45) is 2.09. The summed E-state index contributed by atoms with van der Waals surface area (Å²) < 4.78 is 11.9. The van der Waals surface area contributed by atoms with Crippen molar-refractivity contribution < 1.29 is 14.3 Å². The Morgan fingerprint density at radius 1 is 1.35 bits per heavy atom. The second-order valence-electron chi connectivity index (χ2n) is 4.97. The monoisotopic (exact) mass is 281 g/mol. The molecular formula is C15H23NO4. The Kier molecular flexibility index (Phi) is 6.28. The molecule has 1 atom stereocenters. The molecule has 0 aliphatic rings. The van der Waals surface area contributed by atoms with Crippen LogP contribution in [0.25, 0.3) is 0 Å². The molecule has 1 aromatic rings. The molecule has 1 aromatic heterocycles. The average molecular weight is 281 g/mol. The van der Waals surface area contributed by atoms with Crippen molar-refractivity contribution in [3.8, 4) is 5.75 Å². The standard InChI is InChI=1S/C15H23NO4/c1-5-12(15(18)20-10-11(3)4)16-9-7-8-13(14(16)17)19-6-2/h7-9,11-12H,5-6,10H2,1-4H3. The van der Waals surface area contributed by atoms with Gasteiger partial charge in [-0.3, -0.25) is 9.36 Å². The van der Waals surface area contributed by atoms with E-state index in [0.717, 1.165) is 0 Å². The predicted octanol–water partition coefficient (Wildman–Crippen LogP) is 2.40. The molecule has 112 valence electrons. The Bertz CT molecular complexity index is 493. The minimum Gasteiger partial charge on any atom is -0.488 e. The molecule has 0 bridgehead atoms. The van der Waals surface area contributed by atoms with E-state index in [1.807, 2.05) is 27.7 Å². The lowest BCUT2D eigenvalue weighted by Crippen LogP contribution is -2.31. The maximum atomic E-state index is 12.2. The summed E-state index contributed by atoms with van der Waals surface area (Å²) in [6, 6.07) is 2.70. The Balaban J connectivity index is 2.97. The number of esters is 1. The van der Waals surface area contributed by atoms with Gasteiger partial charge in [0.15, 0.2) is 5.75 Å². The Hall–Kier alpha value is -1.78. The molecule has 1 unspecified atom stereocenters. The molecule has 1 rings (SSSR count). The lowest BCUT2D eigenvalue weighted by atomic mass is 10.2. The van der Waals surface area contributed by atoms with Crippen molar-refractivity contribution in [2.24, 2.45) is 5.92 Å². The van der Waals surface area contributed by atoms with Crippen LogP contribution in [0.15, 0.2) is 23.1 Å². The fraction of sp³-hybridized carbons (Fsp3) is 0.600. The lowest BCUT2D eigenvalue weighted by molar-refractivity contribution is -0.149. The molecule has 0 saturated heterocycles. The van der Waals surface area contributed by atoms with E-state index in [9.17, 15) is 9.59 Å². The van der Waals surface area contributed by atoms with E-state index in [0.29, 0.717) is 19.6 Å². The fourth-order valence-corrected chi connectivity index (χ4v) is 1.82. The highest BCUT2D eigenvalue weighted by atomic mass is 16.5. The van der Waals surface area contributed by atoms with Gasteiger partial charge in [-0.2, -0.15) is 0 Å². The highest BCUT2D eigenvalue weighted by Gasteiger charge is 2.22. The largest absolute Gasteiger partial charge is 0.488 e. The smallest absolute Gasteiger partial charge is 0.329 e. The van der Waals surface area contributed by atoms with Crippen molar-refractivity contribution >= 4 is 5.97 Å². The number of carbonyl (C=O) groups is 1. The van der Waals surface area contributed by atoms with Crippen molar-refractivity contribution in [1.82, 2.24) is 4.57 Å². The van der Waals surface area contributed by atoms with Crippen molar-refractivity contribution in [3.05, 3.63) is 28.7 Å². The molecule has 20 heavy (non-hydrogen) atoms. The van der Waals surface area contributed by atoms with Gasteiger partial charge in [0.1, 0.15) is 6.04 Å². The Labute approximate surface area is 119 Å². The molecule has 0 saturated carbocycles. The normalized spacial score (nSPS) is 12.2. The molecule has 0 fully saturated rings. The van der Waals surface area contributed by atoms with Crippen LogP contribution >= 0.6 is 0 Å². The third kappa shape index (κ3) is 4.11. The third-order valence-electron chi connectivity index (χ3n) is 2.79. The van der Waals surface area contributed by atoms with Gasteiger partial charge in [-0.05, 0) is 31.4 Å². The zero-order valence-corrected chi connectivity index (χ0v) is 12.6. The van der Waals surface area contributed by atoms with E-state index in [1.165, 1.54) is 4.57 Å². The van der Waals surface area contributed by atoms with Crippen LogP contribution in [-0.2, 0) is 9.53 Å². The number of pyridine rings is 1. The Morgan fingerprint density at radius 3 is 2.60 bits per heavy atom. The minimum absolute atomic E-state index is 0.255. The molecule has 5 heteroatoms. The molecule has 0 N–H and O–H groups in total. The molecule has 0 amide bonds. The van der Waals surface area contributed by atoms with Gasteiger partial charge in [-0.25, -0.2) is 4.79 Å². The summed E-state index contributed by atoms with van der Waals surface area (Å²) in [5.41, 5.74) is -0.303. The number of hydrogen-bond acceptors (Lipinski definition) is 4. The van der Waals surface area contributed by atoms with E-state index < -0.39 is 6.04 Å². The van der Waals surface area contributed by atoms with E-state index in [4.69, 9.17) is 9.47 Å². The van der Waals surface area contributed by atoms with Gasteiger partial charge in [-0.1, -0.05) is 20.8 Å². The van der Waals surface area contributed by atoms with Crippen LogP contribution in [-0.4, -0.2) is 23.8 Å². The first-order chi connectivity index (χ1) is 9.51. The van der Waals surface area contributed by atoms with Crippen molar-refractivity contribution in [2.75, 3.05) is 13.2 Å². The summed E-state index contributed by atoms with van der Waals surface area (Å²) in [6.45, 7) is 8.36. The second-order valence-corrected chi connectivity index (χ2v) is 4.97. The number of aromatic nitrogens is 1. The van der Waals surface area contributed by atoms with Gasteiger partial charge >= 0.3 is 5.97 Å². The van der Waals surface area contributed by atoms with Gasteiger partial charge in [0.2, 0.25) is 0 Å². The quantitative estimate of drug-likeness (QED) is 0.720. The van der Waals surface area contributed by atoms with Crippen molar-refractivity contribution in [2.45, 2.75) is 40.2 Å². The topological polar surface area (TPSA) is 57.5 Å². The van der Waals surface area contributed by atoms with Gasteiger partial charge in [-0.15, -0.1) is 0 Å². The van der Waals surface area contributed by atoms with Gasteiger partial charge < -0.3 is 9.47 Å². The van der Waals surface area contributed by atoms with Gasteiger partial charge in [0, 0.05) is 6.20 Å². The summed E-state index contributed by atoms with van der Waals surface area (Å²) in [5.74, 6) is 0.144. The summed E-state index contributed by atoms with van der Waals surface area (Å²) in [7, 11) is 0. The third-order valence-corrected chi connectivity index (χ3v) is 2.79. The van der Waals surface area contributed by atoms with Crippen LogP contribution in [0.2, 0.25) is 0 Å². The summed E-state index contributed by atoms with van der Waals surface area (Å²) in [5, 5.41) is 0. The van der Waals surface area contributed by atoms with E-state index in [-0.39, 0.29) is 23.2 Å². The van der Waals surface area contributed by atoms with Crippen molar-refractivity contribution in [3.63, 3.8) is 0 Å². The molecule has 5 nitrogen and oxygen atoms in total. The first-order valence-electron chi connectivity index (χ1n) is 7.01. The molecule has 0 aromatic carbocycles. The highest BCUT2D eigenvalue weighted by molar-refractivity contribution is 5.74. The molecule has 0 aliphatic heterocycles. The second kappa shape index (κ2) is 7.72. The van der Waals surface area contributed by atoms with E-state index in [1.54, 1.807) is 18.3 Å². The average Bonchev–Trinajstić information content (AvgIpc) is 2.41. The molecule has 0 spiro atoms. The molecular weight excluding hydrogens is 258 g/mol. The van der Waals surface area contributed by atoms with Gasteiger partial charge in [0.05, 0.1) is 13.2 Å². The number of rotatable bonds is 7. The molecule has 0 aliphatic carbocycles. The zero-order valence-electron chi connectivity index (χ0n) is 12.6. The summed E-state index contributed by atoms with van der Waals surface area (Å²) >= 11 is 0. The van der Waals surface area contributed by atoms with Gasteiger partial charge in [0.25, 0.3) is 5.56 Å². The number of hydrogen-bond donors (Lipinski definition) is 0.